The van der Waals surface area contributed by atoms with Gasteiger partial charge in [0.2, 0.25) is 0 Å². The van der Waals surface area contributed by atoms with Crippen molar-refractivity contribution in [2.75, 3.05) is 6.61 Å². The topological polar surface area (TPSA) is 9.23 Å². The third-order valence-corrected chi connectivity index (χ3v) is 7.81. The van der Waals surface area contributed by atoms with E-state index in [9.17, 15) is 0 Å². The summed E-state index contributed by atoms with van der Waals surface area (Å²) in [4.78, 5) is 0. The van der Waals surface area contributed by atoms with Crippen LogP contribution < -0.4 is 4.74 Å². The van der Waals surface area contributed by atoms with Gasteiger partial charge < -0.3 is 4.74 Å². The molecule has 0 saturated carbocycles. The van der Waals surface area contributed by atoms with Crippen LogP contribution in [-0.2, 0) is 0 Å². The Morgan fingerprint density at radius 2 is 1.08 bits per heavy atom. The van der Waals surface area contributed by atoms with Crippen LogP contribution in [0.5, 0.6) is 5.75 Å². The first-order valence-electron chi connectivity index (χ1n) is 12.5. The molecule has 0 aromatic heterocycles. The Labute approximate surface area is 225 Å². The third kappa shape index (κ3) is 3.39. The van der Waals surface area contributed by atoms with Gasteiger partial charge in [-0.3, -0.25) is 0 Å². The summed E-state index contributed by atoms with van der Waals surface area (Å²) in [6.45, 7) is 2.62. The van der Waals surface area contributed by atoms with Gasteiger partial charge in [0.05, 0.1) is 6.61 Å². The van der Waals surface area contributed by atoms with Gasteiger partial charge in [-0.2, -0.15) is 0 Å². The number of hydrogen-bond acceptors (Lipinski definition) is 1. The molecule has 0 spiro atoms. The van der Waals surface area contributed by atoms with E-state index in [0.717, 1.165) is 37.7 Å². The predicted molar refractivity (Wildman–Crippen MR) is 158 cm³/mol. The van der Waals surface area contributed by atoms with Crippen LogP contribution in [0.3, 0.4) is 0 Å². The van der Waals surface area contributed by atoms with Crippen molar-refractivity contribution < 1.29 is 4.74 Å². The van der Waals surface area contributed by atoms with E-state index < -0.39 is 0 Å². The summed E-state index contributed by atoms with van der Waals surface area (Å²) in [5.74, 6) is 0.881. The molecule has 0 aliphatic heterocycles. The number of fused-ring (bicyclic) bond motifs is 4. The molecule has 37 heavy (non-hydrogen) atoms. The van der Waals surface area contributed by atoms with E-state index in [2.05, 4.69) is 78.9 Å². The Balaban J connectivity index is 1.75. The zero-order valence-corrected chi connectivity index (χ0v) is 21.7. The highest BCUT2D eigenvalue weighted by atomic mass is 35.5. The van der Waals surface area contributed by atoms with Crippen molar-refractivity contribution in [1.82, 2.24) is 0 Å². The summed E-state index contributed by atoms with van der Waals surface area (Å²) in [7, 11) is 0. The molecular formula is C34H22Cl2O. The van der Waals surface area contributed by atoms with E-state index in [0.29, 0.717) is 6.61 Å². The van der Waals surface area contributed by atoms with Crippen LogP contribution in [-0.4, -0.2) is 6.61 Å². The first-order chi connectivity index (χ1) is 18.2. The molecule has 0 unspecified atom stereocenters. The monoisotopic (exact) mass is 516 g/mol. The second kappa shape index (κ2) is 8.66. The Morgan fingerprint density at radius 1 is 0.541 bits per heavy atom. The van der Waals surface area contributed by atoms with E-state index >= 15 is 0 Å². The lowest BCUT2D eigenvalue weighted by Gasteiger charge is -2.22. The molecule has 178 valence electrons. The van der Waals surface area contributed by atoms with Gasteiger partial charge in [0, 0.05) is 21.0 Å². The van der Waals surface area contributed by atoms with Crippen LogP contribution in [0.1, 0.15) is 6.92 Å². The molecule has 0 heterocycles. The minimum Gasteiger partial charge on any atom is -0.493 e. The van der Waals surface area contributed by atoms with Crippen molar-refractivity contribution in [2.24, 2.45) is 0 Å². The highest BCUT2D eigenvalue weighted by Crippen LogP contribution is 2.58. The standard InChI is InChI=1S/C34H22Cl2O/c1-2-37-28-11-5-10-27-30(21-12-16-23(35)17-13-21)33-25-8-3-6-20-7-4-9-26(29(20)25)34(33)31(32(27)28)22-14-18-24(36)19-15-22/h3-19H,2H2,1H3. The molecule has 6 aromatic carbocycles. The molecule has 1 nitrogen and oxygen atoms in total. The average molecular weight is 517 g/mol. The molecule has 7 rings (SSSR count). The summed E-state index contributed by atoms with van der Waals surface area (Å²) in [6, 6.07) is 35.9. The SMILES string of the molecule is CCOc1cccc2c(-c3ccc(Cl)cc3)c3c(c(-c4ccc(Cl)cc4)c12)-c1cccc2cccc-3c12. The van der Waals surface area contributed by atoms with Crippen molar-refractivity contribution in [2.45, 2.75) is 6.92 Å². The zero-order valence-electron chi connectivity index (χ0n) is 20.2. The Hall–Kier alpha value is -3.78. The van der Waals surface area contributed by atoms with Gasteiger partial charge in [-0.15, -0.1) is 0 Å². The van der Waals surface area contributed by atoms with Gasteiger partial charge in [0.15, 0.2) is 0 Å². The normalized spacial score (nSPS) is 11.8. The van der Waals surface area contributed by atoms with E-state index in [1.54, 1.807) is 0 Å². The molecule has 0 radical (unpaired) electrons. The number of rotatable bonds is 4. The van der Waals surface area contributed by atoms with Crippen LogP contribution in [0.4, 0.5) is 0 Å². The lowest BCUT2D eigenvalue weighted by molar-refractivity contribution is 0.344. The maximum absolute atomic E-state index is 6.34. The molecule has 0 atom stereocenters. The lowest BCUT2D eigenvalue weighted by atomic mass is 9.82. The number of benzene rings is 6. The molecule has 1 aliphatic carbocycles. The fraction of sp³-hybridized carbons (Fsp3) is 0.0588. The van der Waals surface area contributed by atoms with Crippen molar-refractivity contribution in [3.8, 4) is 50.3 Å². The van der Waals surface area contributed by atoms with Gasteiger partial charge in [-0.05, 0) is 92.4 Å². The maximum Gasteiger partial charge on any atom is 0.127 e. The van der Waals surface area contributed by atoms with Crippen LogP contribution >= 0.6 is 23.2 Å². The molecule has 0 saturated heterocycles. The van der Waals surface area contributed by atoms with Crippen LogP contribution in [0.25, 0.3) is 66.1 Å². The van der Waals surface area contributed by atoms with Gasteiger partial charge in [0.25, 0.3) is 0 Å². The fourth-order valence-electron chi connectivity index (χ4n) is 5.90. The lowest BCUT2D eigenvalue weighted by Crippen LogP contribution is -1.98. The van der Waals surface area contributed by atoms with Gasteiger partial charge in [-0.1, -0.05) is 96.0 Å². The van der Waals surface area contributed by atoms with Crippen molar-refractivity contribution >= 4 is 44.7 Å². The maximum atomic E-state index is 6.34. The quantitative estimate of drug-likeness (QED) is 0.226. The van der Waals surface area contributed by atoms with Gasteiger partial charge in [0.1, 0.15) is 5.75 Å². The first kappa shape index (κ1) is 22.4. The van der Waals surface area contributed by atoms with Crippen LogP contribution in [0, 0.1) is 0 Å². The largest absolute Gasteiger partial charge is 0.493 e. The van der Waals surface area contributed by atoms with Crippen LogP contribution in [0.2, 0.25) is 10.0 Å². The summed E-state index contributed by atoms with van der Waals surface area (Å²) in [6.07, 6.45) is 0. The summed E-state index contributed by atoms with van der Waals surface area (Å²) in [5.41, 5.74) is 9.61. The second-order valence-electron chi connectivity index (χ2n) is 9.33. The van der Waals surface area contributed by atoms with E-state index in [1.165, 1.54) is 44.2 Å². The predicted octanol–water partition coefficient (Wildman–Crippen LogP) is 10.7. The molecule has 0 fully saturated rings. The highest BCUT2D eigenvalue weighted by molar-refractivity contribution is 6.32. The molecule has 0 amide bonds. The van der Waals surface area contributed by atoms with E-state index in [4.69, 9.17) is 27.9 Å². The first-order valence-corrected chi connectivity index (χ1v) is 13.2. The fourth-order valence-corrected chi connectivity index (χ4v) is 6.15. The number of hydrogen-bond donors (Lipinski definition) is 0. The van der Waals surface area contributed by atoms with Gasteiger partial charge in [-0.25, -0.2) is 0 Å². The summed E-state index contributed by atoms with van der Waals surface area (Å²) < 4.78 is 6.28. The zero-order chi connectivity index (χ0) is 25.1. The molecule has 6 aromatic rings. The Kier molecular flexibility index (Phi) is 5.25. The number of ether oxygens (including phenoxy) is 1. The Morgan fingerprint density at radius 3 is 1.68 bits per heavy atom. The molecule has 0 bridgehead atoms. The second-order valence-corrected chi connectivity index (χ2v) is 10.2. The third-order valence-electron chi connectivity index (χ3n) is 7.30. The van der Waals surface area contributed by atoms with Crippen molar-refractivity contribution in [3.05, 3.63) is 113 Å². The summed E-state index contributed by atoms with van der Waals surface area (Å²) in [5, 5.41) is 6.24. The van der Waals surface area contributed by atoms with Crippen LogP contribution in [0.15, 0.2) is 103 Å². The van der Waals surface area contributed by atoms with Crippen molar-refractivity contribution in [3.63, 3.8) is 0 Å². The minimum absolute atomic E-state index is 0.586. The number of halogens is 2. The van der Waals surface area contributed by atoms with E-state index in [1.807, 2.05) is 31.2 Å². The van der Waals surface area contributed by atoms with E-state index in [-0.39, 0.29) is 0 Å². The molecule has 1 aliphatic rings. The Bertz CT molecular complexity index is 1830. The average Bonchev–Trinajstić information content (AvgIpc) is 3.25. The molecule has 3 heteroatoms. The smallest absolute Gasteiger partial charge is 0.127 e. The van der Waals surface area contributed by atoms with Crippen molar-refractivity contribution in [1.29, 1.82) is 0 Å². The van der Waals surface area contributed by atoms with Gasteiger partial charge >= 0.3 is 0 Å². The minimum atomic E-state index is 0.586. The highest BCUT2D eigenvalue weighted by Gasteiger charge is 2.31. The molecular weight excluding hydrogens is 495 g/mol. The summed E-state index contributed by atoms with van der Waals surface area (Å²) >= 11 is 12.7. The molecule has 0 N–H and O–H groups in total.